The Hall–Kier alpha value is -1.15. The summed E-state index contributed by atoms with van der Waals surface area (Å²) in [4.78, 5) is 0.263. The van der Waals surface area contributed by atoms with E-state index in [1.165, 1.54) is 23.3 Å². The van der Waals surface area contributed by atoms with Crippen LogP contribution in [0.3, 0.4) is 0 Å². The second-order valence-electron chi connectivity index (χ2n) is 5.27. The third-order valence-corrected chi connectivity index (χ3v) is 4.66. The Morgan fingerprint density at radius 1 is 0.950 bits per heavy atom. The molecule has 0 nitrogen and oxygen atoms in total. The lowest BCUT2D eigenvalue weighted by atomic mass is 9.96. The number of alkyl halides is 1. The molecule has 0 amide bonds. The van der Waals surface area contributed by atoms with Gasteiger partial charge < -0.3 is 0 Å². The van der Waals surface area contributed by atoms with Crippen LogP contribution in [0.2, 0.25) is 0 Å². The van der Waals surface area contributed by atoms with Crippen LogP contribution >= 0.6 is 15.9 Å². The lowest BCUT2D eigenvalue weighted by Crippen LogP contribution is -1.97. The fourth-order valence-corrected chi connectivity index (χ4v) is 2.89. The number of rotatable bonds is 5. The lowest BCUT2D eigenvalue weighted by molar-refractivity contribution is 0.627. The first kappa shape index (κ1) is 15.2. The SMILES string of the molecule is CCC(C)c1ccc(C(Br)Cc2ccc(F)cc2)cc1. The van der Waals surface area contributed by atoms with E-state index in [2.05, 4.69) is 54.0 Å². The summed E-state index contributed by atoms with van der Waals surface area (Å²) >= 11 is 3.73. The standard InChI is InChI=1S/C18H20BrF/c1-3-13(2)15-6-8-16(9-7-15)18(19)12-14-4-10-17(20)11-5-14/h4-11,13,18H,3,12H2,1-2H3. The van der Waals surface area contributed by atoms with E-state index in [1.807, 2.05) is 12.1 Å². The van der Waals surface area contributed by atoms with Crippen LogP contribution in [-0.4, -0.2) is 0 Å². The zero-order valence-corrected chi connectivity index (χ0v) is 13.5. The van der Waals surface area contributed by atoms with E-state index in [1.54, 1.807) is 0 Å². The quantitative estimate of drug-likeness (QED) is 0.586. The minimum absolute atomic E-state index is 0.183. The molecule has 0 fully saturated rings. The summed E-state index contributed by atoms with van der Waals surface area (Å²) in [5, 5.41) is 0. The Balaban J connectivity index is 2.05. The fourth-order valence-electron chi connectivity index (χ4n) is 2.21. The zero-order valence-electron chi connectivity index (χ0n) is 11.9. The second-order valence-corrected chi connectivity index (χ2v) is 6.38. The normalized spacial score (nSPS) is 14.0. The zero-order chi connectivity index (χ0) is 14.5. The van der Waals surface area contributed by atoms with Crippen molar-refractivity contribution in [3.8, 4) is 0 Å². The average Bonchev–Trinajstić information content (AvgIpc) is 2.49. The summed E-state index contributed by atoms with van der Waals surface area (Å²) < 4.78 is 12.9. The Morgan fingerprint density at radius 3 is 2.05 bits per heavy atom. The first-order valence-electron chi connectivity index (χ1n) is 7.08. The molecular weight excluding hydrogens is 315 g/mol. The molecule has 20 heavy (non-hydrogen) atoms. The van der Waals surface area contributed by atoms with Gasteiger partial charge in [-0.25, -0.2) is 4.39 Å². The average molecular weight is 335 g/mol. The van der Waals surface area contributed by atoms with Crippen LogP contribution in [0.5, 0.6) is 0 Å². The summed E-state index contributed by atoms with van der Waals surface area (Å²) in [6, 6.07) is 15.5. The third-order valence-electron chi connectivity index (χ3n) is 3.81. The van der Waals surface area contributed by atoms with Crippen LogP contribution < -0.4 is 0 Å². The molecule has 0 aliphatic carbocycles. The van der Waals surface area contributed by atoms with Gasteiger partial charge in [0.15, 0.2) is 0 Å². The van der Waals surface area contributed by atoms with Gasteiger partial charge in [-0.15, -0.1) is 0 Å². The van der Waals surface area contributed by atoms with Crippen LogP contribution in [0, 0.1) is 5.82 Å². The Morgan fingerprint density at radius 2 is 1.50 bits per heavy atom. The Bertz CT molecular complexity index is 530. The molecule has 106 valence electrons. The molecule has 2 rings (SSSR count). The van der Waals surface area contributed by atoms with Crippen molar-refractivity contribution in [2.75, 3.05) is 0 Å². The molecule has 2 heteroatoms. The van der Waals surface area contributed by atoms with Crippen LogP contribution in [-0.2, 0) is 6.42 Å². The third kappa shape index (κ3) is 3.92. The van der Waals surface area contributed by atoms with Crippen molar-refractivity contribution in [2.24, 2.45) is 0 Å². The molecule has 0 heterocycles. The van der Waals surface area contributed by atoms with Crippen molar-refractivity contribution < 1.29 is 4.39 Å². The largest absolute Gasteiger partial charge is 0.207 e. The summed E-state index contributed by atoms with van der Waals surface area (Å²) in [5.74, 6) is 0.424. The van der Waals surface area contributed by atoms with Gasteiger partial charge in [-0.3, -0.25) is 0 Å². The van der Waals surface area contributed by atoms with E-state index >= 15 is 0 Å². The molecule has 0 aliphatic rings. The lowest BCUT2D eigenvalue weighted by Gasteiger charge is -2.13. The van der Waals surface area contributed by atoms with Gasteiger partial charge >= 0.3 is 0 Å². The first-order valence-corrected chi connectivity index (χ1v) is 8.00. The highest BCUT2D eigenvalue weighted by molar-refractivity contribution is 9.09. The van der Waals surface area contributed by atoms with Crippen LogP contribution in [0.1, 0.15) is 47.7 Å². The van der Waals surface area contributed by atoms with E-state index in [4.69, 9.17) is 0 Å². The smallest absolute Gasteiger partial charge is 0.123 e. The number of benzene rings is 2. The molecule has 2 aromatic carbocycles. The molecule has 0 aliphatic heterocycles. The highest BCUT2D eigenvalue weighted by atomic mass is 79.9. The van der Waals surface area contributed by atoms with E-state index in [-0.39, 0.29) is 10.6 Å². The second kappa shape index (κ2) is 7.03. The van der Waals surface area contributed by atoms with Crippen molar-refractivity contribution in [3.63, 3.8) is 0 Å². The molecule has 0 saturated heterocycles. The maximum Gasteiger partial charge on any atom is 0.123 e. The van der Waals surface area contributed by atoms with Crippen molar-refractivity contribution in [2.45, 2.75) is 37.4 Å². The Kier molecular flexibility index (Phi) is 5.36. The highest BCUT2D eigenvalue weighted by Crippen LogP contribution is 2.29. The predicted molar refractivity (Wildman–Crippen MR) is 86.9 cm³/mol. The van der Waals surface area contributed by atoms with E-state index in [0.717, 1.165) is 18.4 Å². The van der Waals surface area contributed by atoms with Crippen molar-refractivity contribution >= 4 is 15.9 Å². The molecule has 0 spiro atoms. The van der Waals surface area contributed by atoms with Gasteiger partial charge in [0, 0.05) is 4.83 Å². The van der Waals surface area contributed by atoms with Crippen molar-refractivity contribution in [1.29, 1.82) is 0 Å². The number of hydrogen-bond donors (Lipinski definition) is 0. The molecule has 2 atom stereocenters. The van der Waals surface area contributed by atoms with Crippen molar-refractivity contribution in [3.05, 3.63) is 71.0 Å². The maximum atomic E-state index is 12.9. The Labute approximate surface area is 129 Å². The molecule has 0 aromatic heterocycles. The minimum atomic E-state index is -0.183. The number of hydrogen-bond acceptors (Lipinski definition) is 0. The number of halogens is 2. The van der Waals surface area contributed by atoms with E-state index in [0.29, 0.717) is 5.92 Å². The molecule has 2 unspecified atom stereocenters. The molecule has 0 saturated carbocycles. The van der Waals surface area contributed by atoms with Gasteiger partial charge in [-0.1, -0.05) is 66.2 Å². The molecule has 0 N–H and O–H groups in total. The monoisotopic (exact) mass is 334 g/mol. The predicted octanol–water partition coefficient (Wildman–Crippen LogP) is 6.02. The molecular formula is C18H20BrF. The summed E-state index contributed by atoms with van der Waals surface area (Å²) in [7, 11) is 0. The van der Waals surface area contributed by atoms with Gasteiger partial charge in [0.1, 0.15) is 5.82 Å². The fraction of sp³-hybridized carbons (Fsp3) is 0.333. The minimum Gasteiger partial charge on any atom is -0.207 e. The van der Waals surface area contributed by atoms with Gasteiger partial charge in [-0.05, 0) is 47.6 Å². The topological polar surface area (TPSA) is 0 Å². The van der Waals surface area contributed by atoms with Gasteiger partial charge in [0.2, 0.25) is 0 Å². The van der Waals surface area contributed by atoms with Crippen molar-refractivity contribution in [1.82, 2.24) is 0 Å². The summed E-state index contributed by atoms with van der Waals surface area (Å²) in [6.45, 7) is 4.46. The van der Waals surface area contributed by atoms with E-state index in [9.17, 15) is 4.39 Å². The molecule has 0 bridgehead atoms. The van der Waals surface area contributed by atoms with Crippen LogP contribution in [0.25, 0.3) is 0 Å². The van der Waals surface area contributed by atoms with Crippen LogP contribution in [0.15, 0.2) is 48.5 Å². The van der Waals surface area contributed by atoms with Gasteiger partial charge in [0.05, 0.1) is 0 Å². The van der Waals surface area contributed by atoms with E-state index < -0.39 is 0 Å². The van der Waals surface area contributed by atoms with Gasteiger partial charge in [-0.2, -0.15) is 0 Å². The van der Waals surface area contributed by atoms with Crippen LogP contribution in [0.4, 0.5) is 4.39 Å². The molecule has 2 aromatic rings. The summed E-state index contributed by atoms with van der Waals surface area (Å²) in [6.07, 6.45) is 2.02. The van der Waals surface area contributed by atoms with Gasteiger partial charge in [0.25, 0.3) is 0 Å². The maximum absolute atomic E-state index is 12.9. The first-order chi connectivity index (χ1) is 9.60. The molecule has 0 radical (unpaired) electrons. The summed E-state index contributed by atoms with van der Waals surface area (Å²) in [5.41, 5.74) is 3.79. The highest BCUT2D eigenvalue weighted by Gasteiger charge is 2.10.